The minimum Gasteiger partial charge on any atom is -0.450 e. The molecule has 1 heterocycles. The molecular formula is C19H28N2O4. The van der Waals surface area contributed by atoms with Gasteiger partial charge in [-0.1, -0.05) is 43.7 Å². The van der Waals surface area contributed by atoms with Gasteiger partial charge in [0.1, 0.15) is 6.61 Å². The van der Waals surface area contributed by atoms with Gasteiger partial charge in [0, 0.05) is 18.6 Å². The molecule has 6 heteroatoms. The number of alkyl carbamates (subject to hydrolysis) is 1. The third kappa shape index (κ3) is 6.29. The molecule has 0 aromatic heterocycles. The van der Waals surface area contributed by atoms with Crippen LogP contribution in [0.4, 0.5) is 9.59 Å². The van der Waals surface area contributed by atoms with Gasteiger partial charge in [-0.25, -0.2) is 9.59 Å². The van der Waals surface area contributed by atoms with Crippen molar-refractivity contribution in [2.45, 2.75) is 51.7 Å². The van der Waals surface area contributed by atoms with Crippen LogP contribution in [0, 0.1) is 0 Å². The number of nitrogens with zero attached hydrogens (tertiary/aromatic N) is 1. The molecule has 1 aliphatic heterocycles. The summed E-state index contributed by atoms with van der Waals surface area (Å²) in [6.45, 7) is 5.86. The number of unbranched alkanes of at least 4 members (excludes halogenated alkanes) is 1. The predicted molar refractivity (Wildman–Crippen MR) is 95.2 cm³/mol. The molecule has 1 aromatic carbocycles. The smallest absolute Gasteiger partial charge is 0.410 e. The molecule has 0 radical (unpaired) electrons. The lowest BCUT2D eigenvalue weighted by molar-refractivity contribution is 0.0723. The summed E-state index contributed by atoms with van der Waals surface area (Å²) in [7, 11) is 0. The van der Waals surface area contributed by atoms with Gasteiger partial charge < -0.3 is 19.7 Å². The van der Waals surface area contributed by atoms with E-state index in [-0.39, 0.29) is 24.3 Å². The average molecular weight is 348 g/mol. The largest absolute Gasteiger partial charge is 0.450 e. The molecule has 0 aliphatic carbocycles. The highest BCUT2D eigenvalue weighted by atomic mass is 16.6. The summed E-state index contributed by atoms with van der Waals surface area (Å²) in [6, 6.07) is 9.61. The number of amides is 2. The second-order valence-corrected chi connectivity index (χ2v) is 6.70. The number of hydrogen-bond acceptors (Lipinski definition) is 4. The zero-order chi connectivity index (χ0) is 18.1. The van der Waals surface area contributed by atoms with E-state index in [1.165, 1.54) is 0 Å². The van der Waals surface area contributed by atoms with Crippen LogP contribution in [0.25, 0.3) is 0 Å². The summed E-state index contributed by atoms with van der Waals surface area (Å²) in [6.07, 6.45) is 2.52. The van der Waals surface area contributed by atoms with E-state index in [4.69, 9.17) is 9.47 Å². The van der Waals surface area contributed by atoms with Crippen LogP contribution in [0.5, 0.6) is 0 Å². The Bertz CT molecular complexity index is 554. The Hall–Kier alpha value is -2.24. The maximum Gasteiger partial charge on any atom is 0.410 e. The molecule has 1 aliphatic rings. The molecular weight excluding hydrogens is 320 g/mol. The number of piperidine rings is 1. The van der Waals surface area contributed by atoms with Crippen LogP contribution in [0.2, 0.25) is 0 Å². The van der Waals surface area contributed by atoms with E-state index in [0.717, 1.165) is 18.4 Å². The van der Waals surface area contributed by atoms with Gasteiger partial charge in [-0.15, -0.1) is 0 Å². The molecule has 6 nitrogen and oxygen atoms in total. The molecule has 2 rings (SSSR count). The SMILES string of the molecule is CCCCOC(=O)NC1(C)CCN(C(=O)OCc2ccccc2)CC1. The number of likely N-dealkylation sites (tertiary alicyclic amines) is 1. The summed E-state index contributed by atoms with van der Waals surface area (Å²) in [5, 5.41) is 2.93. The number of benzene rings is 1. The van der Waals surface area contributed by atoms with Crippen molar-refractivity contribution >= 4 is 12.2 Å². The van der Waals surface area contributed by atoms with Crippen molar-refractivity contribution in [2.24, 2.45) is 0 Å². The molecule has 1 aromatic rings. The molecule has 0 atom stereocenters. The lowest BCUT2D eigenvalue weighted by atomic mass is 9.90. The Balaban J connectivity index is 1.72. The third-order valence-corrected chi connectivity index (χ3v) is 4.47. The zero-order valence-electron chi connectivity index (χ0n) is 15.1. The van der Waals surface area contributed by atoms with Crippen molar-refractivity contribution in [3.63, 3.8) is 0 Å². The van der Waals surface area contributed by atoms with Crippen LogP contribution in [0.3, 0.4) is 0 Å². The Kier molecular flexibility index (Phi) is 7.10. The molecule has 0 saturated carbocycles. The van der Waals surface area contributed by atoms with Gasteiger partial charge in [-0.2, -0.15) is 0 Å². The third-order valence-electron chi connectivity index (χ3n) is 4.47. The maximum absolute atomic E-state index is 12.2. The van der Waals surface area contributed by atoms with Gasteiger partial charge in [-0.05, 0) is 31.7 Å². The van der Waals surface area contributed by atoms with Gasteiger partial charge in [0.15, 0.2) is 0 Å². The van der Waals surface area contributed by atoms with Gasteiger partial charge in [0.2, 0.25) is 0 Å². The summed E-state index contributed by atoms with van der Waals surface area (Å²) in [4.78, 5) is 25.7. The number of nitrogens with one attached hydrogen (secondary N) is 1. The number of carbonyl (C=O) groups is 2. The fourth-order valence-corrected chi connectivity index (χ4v) is 2.71. The molecule has 0 spiro atoms. The van der Waals surface area contributed by atoms with Crippen molar-refractivity contribution in [3.8, 4) is 0 Å². The van der Waals surface area contributed by atoms with Crippen LogP contribution < -0.4 is 5.32 Å². The second kappa shape index (κ2) is 9.30. The molecule has 1 N–H and O–H groups in total. The Labute approximate surface area is 149 Å². The average Bonchev–Trinajstić information content (AvgIpc) is 2.61. The van der Waals surface area contributed by atoms with Crippen molar-refractivity contribution in [2.75, 3.05) is 19.7 Å². The zero-order valence-corrected chi connectivity index (χ0v) is 15.1. The fourth-order valence-electron chi connectivity index (χ4n) is 2.71. The quantitative estimate of drug-likeness (QED) is 0.796. The summed E-state index contributed by atoms with van der Waals surface area (Å²) in [5.74, 6) is 0. The summed E-state index contributed by atoms with van der Waals surface area (Å²) in [5.41, 5.74) is 0.619. The van der Waals surface area contributed by atoms with E-state index < -0.39 is 0 Å². The highest BCUT2D eigenvalue weighted by molar-refractivity contribution is 5.69. The topological polar surface area (TPSA) is 67.9 Å². The van der Waals surface area contributed by atoms with Gasteiger partial charge >= 0.3 is 12.2 Å². The minimum atomic E-state index is -0.379. The molecule has 1 fully saturated rings. The van der Waals surface area contributed by atoms with E-state index >= 15 is 0 Å². The van der Waals surface area contributed by atoms with E-state index in [1.807, 2.05) is 37.3 Å². The van der Waals surface area contributed by atoms with Crippen LogP contribution in [-0.2, 0) is 16.1 Å². The normalized spacial score (nSPS) is 16.2. The minimum absolute atomic E-state index is 0.273. The lowest BCUT2D eigenvalue weighted by Gasteiger charge is -2.39. The van der Waals surface area contributed by atoms with Crippen molar-refractivity contribution in [1.82, 2.24) is 10.2 Å². The standard InChI is InChI=1S/C19H28N2O4/c1-3-4-14-24-17(22)20-19(2)10-12-21(13-11-19)18(23)25-15-16-8-6-5-7-9-16/h5-9H,3-4,10-15H2,1-2H3,(H,20,22). The highest BCUT2D eigenvalue weighted by Gasteiger charge is 2.34. The Morgan fingerprint density at radius 1 is 1.16 bits per heavy atom. The first-order valence-corrected chi connectivity index (χ1v) is 8.93. The molecule has 25 heavy (non-hydrogen) atoms. The first-order valence-electron chi connectivity index (χ1n) is 8.93. The predicted octanol–water partition coefficient (Wildman–Crippen LogP) is 3.70. The van der Waals surface area contributed by atoms with Crippen LogP contribution in [0.1, 0.15) is 45.1 Å². The van der Waals surface area contributed by atoms with Crippen molar-refractivity contribution in [3.05, 3.63) is 35.9 Å². The van der Waals surface area contributed by atoms with Crippen molar-refractivity contribution in [1.29, 1.82) is 0 Å². The van der Waals surface area contributed by atoms with Gasteiger partial charge in [0.05, 0.1) is 6.61 Å². The fraction of sp³-hybridized carbons (Fsp3) is 0.579. The molecule has 0 unspecified atom stereocenters. The number of carbonyl (C=O) groups excluding carboxylic acids is 2. The highest BCUT2D eigenvalue weighted by Crippen LogP contribution is 2.22. The van der Waals surface area contributed by atoms with Crippen molar-refractivity contribution < 1.29 is 19.1 Å². The number of ether oxygens (including phenoxy) is 2. The van der Waals surface area contributed by atoms with Crippen LogP contribution >= 0.6 is 0 Å². The first-order chi connectivity index (χ1) is 12.0. The first kappa shape index (κ1) is 19.1. The van der Waals surface area contributed by atoms with Gasteiger partial charge in [0.25, 0.3) is 0 Å². The van der Waals surface area contributed by atoms with Crippen LogP contribution in [-0.4, -0.2) is 42.3 Å². The van der Waals surface area contributed by atoms with Gasteiger partial charge in [-0.3, -0.25) is 0 Å². The molecule has 138 valence electrons. The molecule has 1 saturated heterocycles. The van der Waals surface area contributed by atoms with Crippen LogP contribution in [0.15, 0.2) is 30.3 Å². The Morgan fingerprint density at radius 3 is 2.48 bits per heavy atom. The van der Waals surface area contributed by atoms with E-state index in [9.17, 15) is 9.59 Å². The lowest BCUT2D eigenvalue weighted by Crippen LogP contribution is -2.54. The van der Waals surface area contributed by atoms with E-state index in [1.54, 1.807) is 4.90 Å². The maximum atomic E-state index is 12.2. The van der Waals surface area contributed by atoms with E-state index in [2.05, 4.69) is 12.2 Å². The van der Waals surface area contributed by atoms with E-state index in [0.29, 0.717) is 32.5 Å². The molecule has 2 amide bonds. The summed E-state index contributed by atoms with van der Waals surface area (Å²) < 4.78 is 10.5. The molecule has 0 bridgehead atoms. The second-order valence-electron chi connectivity index (χ2n) is 6.70. The summed E-state index contributed by atoms with van der Waals surface area (Å²) >= 11 is 0. The monoisotopic (exact) mass is 348 g/mol. The number of rotatable bonds is 6. The number of hydrogen-bond donors (Lipinski definition) is 1. The Morgan fingerprint density at radius 2 is 1.84 bits per heavy atom.